The summed E-state index contributed by atoms with van der Waals surface area (Å²) in [5.74, 6) is -0.253. The van der Waals surface area contributed by atoms with Gasteiger partial charge in [-0.25, -0.2) is 4.39 Å². The zero-order valence-corrected chi connectivity index (χ0v) is 16.9. The lowest BCUT2D eigenvalue weighted by Crippen LogP contribution is -2.53. The van der Waals surface area contributed by atoms with E-state index < -0.39 is 6.04 Å². The van der Waals surface area contributed by atoms with Crippen molar-refractivity contribution >= 4 is 11.6 Å². The van der Waals surface area contributed by atoms with Crippen molar-refractivity contribution in [3.63, 3.8) is 0 Å². The number of nitrogens with zero attached hydrogens (tertiary/aromatic N) is 2. The van der Waals surface area contributed by atoms with Gasteiger partial charge in [0.25, 0.3) is 0 Å². The Morgan fingerprint density at radius 2 is 1.43 bits per heavy atom. The van der Waals surface area contributed by atoms with Gasteiger partial charge in [0.1, 0.15) is 5.82 Å². The average Bonchev–Trinajstić information content (AvgIpc) is 2.80. The molecule has 4 rings (SSSR count). The van der Waals surface area contributed by atoms with Crippen LogP contribution in [0.4, 0.5) is 10.1 Å². The first kappa shape index (κ1) is 20.1. The van der Waals surface area contributed by atoms with E-state index in [9.17, 15) is 9.18 Å². The molecule has 1 atom stereocenters. The fourth-order valence-corrected chi connectivity index (χ4v) is 3.88. The molecule has 0 aliphatic carbocycles. The van der Waals surface area contributed by atoms with E-state index in [-0.39, 0.29) is 11.7 Å². The van der Waals surface area contributed by atoms with Crippen LogP contribution in [0.3, 0.4) is 0 Å². The van der Waals surface area contributed by atoms with Crippen LogP contribution in [0.5, 0.6) is 0 Å². The minimum atomic E-state index is -0.551. The summed E-state index contributed by atoms with van der Waals surface area (Å²) in [7, 11) is 0. The molecular weight excluding hydrogens is 377 g/mol. The van der Waals surface area contributed by atoms with E-state index in [4.69, 9.17) is 5.73 Å². The Morgan fingerprint density at radius 3 is 2.07 bits per heavy atom. The summed E-state index contributed by atoms with van der Waals surface area (Å²) in [5, 5.41) is 0. The highest BCUT2D eigenvalue weighted by atomic mass is 19.1. The number of halogens is 1. The van der Waals surface area contributed by atoms with Crippen molar-refractivity contribution in [2.24, 2.45) is 5.73 Å². The second-order valence-electron chi connectivity index (χ2n) is 7.66. The van der Waals surface area contributed by atoms with Gasteiger partial charge in [0.2, 0.25) is 5.91 Å². The van der Waals surface area contributed by atoms with Crippen LogP contribution in [0.25, 0.3) is 11.1 Å². The maximum absolute atomic E-state index is 13.1. The van der Waals surface area contributed by atoms with Crippen LogP contribution in [0.1, 0.15) is 5.56 Å². The molecule has 0 radical (unpaired) electrons. The first-order chi connectivity index (χ1) is 14.6. The highest BCUT2D eigenvalue weighted by molar-refractivity contribution is 5.82. The molecule has 0 saturated carbocycles. The Hall–Kier alpha value is -3.18. The molecule has 3 aromatic rings. The van der Waals surface area contributed by atoms with Gasteiger partial charge < -0.3 is 15.5 Å². The van der Waals surface area contributed by atoms with Crippen LogP contribution in [0, 0.1) is 5.82 Å². The van der Waals surface area contributed by atoms with Gasteiger partial charge in [-0.2, -0.15) is 0 Å². The normalized spacial score (nSPS) is 15.1. The summed E-state index contributed by atoms with van der Waals surface area (Å²) in [5.41, 5.74) is 10.6. The van der Waals surface area contributed by atoms with Crippen molar-refractivity contribution in [2.45, 2.75) is 12.5 Å². The van der Waals surface area contributed by atoms with Crippen LogP contribution in [-0.4, -0.2) is 43.0 Å². The molecule has 1 fully saturated rings. The molecule has 0 aromatic heterocycles. The standard InChI is InChI=1S/C25H26FN3O/c26-22-10-12-23(13-11-22)28-14-16-29(17-15-28)25(30)24(27)18-19-6-8-21(9-7-19)20-4-2-1-3-5-20/h1-13,24H,14-18,27H2. The summed E-state index contributed by atoms with van der Waals surface area (Å²) >= 11 is 0. The zero-order valence-electron chi connectivity index (χ0n) is 16.9. The van der Waals surface area contributed by atoms with Gasteiger partial charge in [0.05, 0.1) is 6.04 Å². The first-order valence-corrected chi connectivity index (χ1v) is 10.3. The summed E-state index contributed by atoms with van der Waals surface area (Å²) in [6.45, 7) is 2.68. The topological polar surface area (TPSA) is 49.6 Å². The molecule has 1 aliphatic heterocycles. The second kappa shape index (κ2) is 9.09. The maximum atomic E-state index is 13.1. The lowest BCUT2D eigenvalue weighted by molar-refractivity contribution is -0.132. The van der Waals surface area contributed by atoms with Gasteiger partial charge in [-0.05, 0) is 47.4 Å². The van der Waals surface area contributed by atoms with Crippen LogP contribution in [0.2, 0.25) is 0 Å². The van der Waals surface area contributed by atoms with Crippen molar-refractivity contribution in [1.29, 1.82) is 0 Å². The van der Waals surface area contributed by atoms with Crippen molar-refractivity contribution in [3.05, 3.63) is 90.2 Å². The molecular formula is C25H26FN3O. The van der Waals surface area contributed by atoms with Crippen LogP contribution in [-0.2, 0) is 11.2 Å². The SMILES string of the molecule is NC(Cc1ccc(-c2ccccc2)cc1)C(=O)N1CCN(c2ccc(F)cc2)CC1. The highest BCUT2D eigenvalue weighted by Crippen LogP contribution is 2.20. The lowest BCUT2D eigenvalue weighted by Gasteiger charge is -2.37. The quantitative estimate of drug-likeness (QED) is 0.707. The minimum Gasteiger partial charge on any atom is -0.368 e. The van der Waals surface area contributed by atoms with E-state index in [1.54, 1.807) is 12.1 Å². The highest BCUT2D eigenvalue weighted by Gasteiger charge is 2.25. The molecule has 4 nitrogen and oxygen atoms in total. The van der Waals surface area contributed by atoms with Gasteiger partial charge in [0.15, 0.2) is 0 Å². The molecule has 3 aromatic carbocycles. The number of carbonyl (C=O) groups excluding carboxylic acids is 1. The molecule has 2 N–H and O–H groups in total. The van der Waals surface area contributed by atoms with Crippen molar-refractivity contribution in [2.75, 3.05) is 31.1 Å². The number of rotatable bonds is 5. The monoisotopic (exact) mass is 403 g/mol. The molecule has 1 unspecified atom stereocenters. The molecule has 1 heterocycles. The van der Waals surface area contributed by atoms with Crippen molar-refractivity contribution in [3.8, 4) is 11.1 Å². The summed E-state index contributed by atoms with van der Waals surface area (Å²) < 4.78 is 13.1. The van der Waals surface area contributed by atoms with E-state index >= 15 is 0 Å². The fourth-order valence-electron chi connectivity index (χ4n) is 3.88. The predicted molar refractivity (Wildman–Crippen MR) is 119 cm³/mol. The van der Waals surface area contributed by atoms with Gasteiger partial charge in [-0.15, -0.1) is 0 Å². The van der Waals surface area contributed by atoms with Gasteiger partial charge >= 0.3 is 0 Å². The van der Waals surface area contributed by atoms with Crippen LogP contribution < -0.4 is 10.6 Å². The van der Waals surface area contributed by atoms with Gasteiger partial charge in [-0.1, -0.05) is 54.6 Å². The van der Waals surface area contributed by atoms with E-state index in [0.29, 0.717) is 19.5 Å². The number of amides is 1. The number of nitrogens with two attached hydrogens (primary N) is 1. The third kappa shape index (κ3) is 4.69. The smallest absolute Gasteiger partial charge is 0.239 e. The third-order valence-corrected chi connectivity index (χ3v) is 5.62. The molecule has 1 aliphatic rings. The predicted octanol–water partition coefficient (Wildman–Crippen LogP) is 3.71. The van der Waals surface area contributed by atoms with Crippen molar-refractivity contribution in [1.82, 2.24) is 4.90 Å². The van der Waals surface area contributed by atoms with E-state index in [1.165, 1.54) is 17.7 Å². The third-order valence-electron chi connectivity index (χ3n) is 5.62. The summed E-state index contributed by atoms with van der Waals surface area (Å²) in [4.78, 5) is 16.8. The van der Waals surface area contributed by atoms with Gasteiger partial charge in [-0.3, -0.25) is 4.79 Å². The molecule has 154 valence electrons. The summed E-state index contributed by atoms with van der Waals surface area (Å²) in [6.07, 6.45) is 0.520. The Labute approximate surface area is 176 Å². The Bertz CT molecular complexity index is 966. The summed E-state index contributed by atoms with van der Waals surface area (Å²) in [6, 6.07) is 24.4. The Morgan fingerprint density at radius 1 is 0.833 bits per heavy atom. The molecule has 5 heteroatoms. The Balaban J connectivity index is 1.31. The molecule has 1 saturated heterocycles. The van der Waals surface area contributed by atoms with E-state index in [2.05, 4.69) is 29.2 Å². The number of benzene rings is 3. The molecule has 0 spiro atoms. The van der Waals surface area contributed by atoms with E-state index in [0.717, 1.165) is 29.9 Å². The number of hydrogen-bond acceptors (Lipinski definition) is 3. The van der Waals surface area contributed by atoms with Crippen LogP contribution in [0.15, 0.2) is 78.9 Å². The molecule has 30 heavy (non-hydrogen) atoms. The molecule has 0 bridgehead atoms. The maximum Gasteiger partial charge on any atom is 0.239 e. The number of carbonyl (C=O) groups is 1. The van der Waals surface area contributed by atoms with Crippen molar-refractivity contribution < 1.29 is 9.18 Å². The fraction of sp³-hybridized carbons (Fsp3) is 0.240. The average molecular weight is 404 g/mol. The van der Waals surface area contributed by atoms with Gasteiger partial charge in [0, 0.05) is 31.9 Å². The zero-order chi connectivity index (χ0) is 20.9. The number of anilines is 1. The van der Waals surface area contributed by atoms with E-state index in [1.807, 2.05) is 35.2 Å². The second-order valence-corrected chi connectivity index (χ2v) is 7.66. The Kier molecular flexibility index (Phi) is 6.10. The number of hydrogen-bond donors (Lipinski definition) is 1. The minimum absolute atomic E-state index is 0.0131. The number of piperazine rings is 1. The largest absolute Gasteiger partial charge is 0.368 e. The lowest BCUT2D eigenvalue weighted by atomic mass is 10.0. The first-order valence-electron chi connectivity index (χ1n) is 10.3. The molecule has 1 amide bonds. The van der Waals surface area contributed by atoms with Crippen LogP contribution >= 0.6 is 0 Å².